The van der Waals surface area contributed by atoms with Gasteiger partial charge in [-0.25, -0.2) is 0 Å². The number of nitrogens with two attached hydrogens (primary N) is 1. The number of nitrogen functional groups attached to an aromatic ring is 1. The fraction of sp³-hybridized carbons (Fsp3) is 0.522. The van der Waals surface area contributed by atoms with Gasteiger partial charge in [-0.2, -0.15) is 0 Å². The topological polar surface area (TPSA) is 107 Å². The number of carbonyl (C=O) groups is 2. The molecule has 2 heterocycles. The molecule has 6 nitrogen and oxygen atoms in total. The molecule has 2 atom stereocenters. The molecule has 4 N–H and O–H groups in total. The molecule has 0 amide bonds. The van der Waals surface area contributed by atoms with Gasteiger partial charge in [0.1, 0.15) is 13.8 Å². The van der Waals surface area contributed by atoms with Crippen molar-refractivity contribution in [3.63, 3.8) is 0 Å². The van der Waals surface area contributed by atoms with Gasteiger partial charge in [-0.05, 0) is 56.8 Å². The van der Waals surface area contributed by atoms with Gasteiger partial charge >= 0.3 is 0 Å². The average Bonchev–Trinajstić information content (AvgIpc) is 2.87. The van der Waals surface area contributed by atoms with Crippen LogP contribution in [0.2, 0.25) is 19.6 Å². The van der Waals surface area contributed by atoms with Crippen LogP contribution in [-0.4, -0.2) is 55.2 Å². The summed E-state index contributed by atoms with van der Waals surface area (Å²) >= 11 is 0. The summed E-state index contributed by atoms with van der Waals surface area (Å²) in [5.74, 6) is 3.49. The van der Waals surface area contributed by atoms with Crippen molar-refractivity contribution in [2.75, 3.05) is 12.8 Å². The zero-order chi connectivity index (χ0) is 22.5. The number of rotatable bonds is 4. The van der Waals surface area contributed by atoms with Gasteiger partial charge < -0.3 is 15.7 Å². The minimum Gasteiger partial charge on any atom is -0.483 e. The summed E-state index contributed by atoms with van der Waals surface area (Å²) in [6, 6.07) is 6.67. The lowest BCUT2D eigenvalue weighted by Crippen LogP contribution is -2.40. The Morgan fingerprint density at radius 1 is 1.30 bits per heavy atom. The van der Waals surface area contributed by atoms with Crippen LogP contribution in [0.4, 0.5) is 5.69 Å². The first-order valence-electron chi connectivity index (χ1n) is 10.4. The summed E-state index contributed by atoms with van der Waals surface area (Å²) in [6.07, 6.45) is 5.11. The molecule has 30 heavy (non-hydrogen) atoms. The third-order valence-corrected chi connectivity index (χ3v) is 6.73. The second-order valence-electron chi connectivity index (χ2n) is 9.30. The van der Waals surface area contributed by atoms with Crippen molar-refractivity contribution in [1.82, 2.24) is 4.90 Å². The van der Waals surface area contributed by atoms with Crippen molar-refractivity contribution in [2.45, 2.75) is 63.8 Å². The molecule has 2 saturated heterocycles. The van der Waals surface area contributed by atoms with E-state index >= 15 is 0 Å². The Morgan fingerprint density at radius 2 is 1.87 bits per heavy atom. The number of fused-ring (bicyclic) bond motifs is 2. The summed E-state index contributed by atoms with van der Waals surface area (Å²) in [7, 11) is 0.755. The second kappa shape index (κ2) is 10.1. The highest BCUT2D eigenvalue weighted by molar-refractivity contribution is 6.83. The van der Waals surface area contributed by atoms with Crippen LogP contribution in [-0.2, 0) is 9.59 Å². The van der Waals surface area contributed by atoms with Crippen molar-refractivity contribution < 1.29 is 14.7 Å². The first kappa shape index (κ1) is 23.8. The predicted octanol–water partition coefficient (Wildman–Crippen LogP) is 3.40. The van der Waals surface area contributed by atoms with Gasteiger partial charge in [0, 0.05) is 35.3 Å². The van der Waals surface area contributed by atoms with Crippen LogP contribution in [0.3, 0.4) is 0 Å². The van der Waals surface area contributed by atoms with E-state index in [2.05, 4.69) is 43.1 Å². The van der Waals surface area contributed by atoms with Crippen LogP contribution in [0.25, 0.3) is 0 Å². The molecule has 3 rings (SSSR count). The van der Waals surface area contributed by atoms with Crippen LogP contribution in [0, 0.1) is 22.8 Å². The van der Waals surface area contributed by atoms with E-state index < -0.39 is 8.07 Å². The van der Waals surface area contributed by atoms with Gasteiger partial charge in [0.05, 0.1) is 0 Å². The van der Waals surface area contributed by atoms with Crippen LogP contribution >= 0.6 is 0 Å². The van der Waals surface area contributed by atoms with E-state index in [4.69, 9.17) is 21.0 Å². The molecule has 0 aromatic heterocycles. The SMILES string of the molecule is CN1C2CCC1CC(CC(=O)C(=N)c1ccc(C#C[Si](C)(C)C)cc1N)C2.O=CO. The lowest BCUT2D eigenvalue weighted by Gasteiger charge is -2.36. The zero-order valence-corrected chi connectivity index (χ0v) is 19.4. The predicted molar refractivity (Wildman–Crippen MR) is 124 cm³/mol. The molecule has 2 aliphatic rings. The van der Waals surface area contributed by atoms with Crippen LogP contribution in [0.15, 0.2) is 18.2 Å². The van der Waals surface area contributed by atoms with Gasteiger partial charge in [-0.15, -0.1) is 5.54 Å². The molecular formula is C23H33N3O3Si. The first-order valence-corrected chi connectivity index (χ1v) is 13.9. The normalized spacial score (nSPS) is 22.9. The molecule has 1 aromatic carbocycles. The monoisotopic (exact) mass is 427 g/mol. The standard InChI is InChI=1S/C22H31N3OSi.CH2O2/c1-25-17-6-7-18(25)12-16(11-17)14-21(26)22(24)19-8-5-15(13-20(19)23)9-10-27(2,3)4;2-1-3/h5,8,13,16-18,24H,6-7,11-12,14,23H2,1-4H3;1H,(H,2,3). The van der Waals surface area contributed by atoms with Gasteiger partial charge in [-0.1, -0.05) is 25.6 Å². The number of nitrogens with zero attached hydrogens (tertiary/aromatic N) is 1. The number of carboxylic acid groups (broad SMARTS) is 1. The Balaban J connectivity index is 0.00000101. The lowest BCUT2D eigenvalue weighted by atomic mass is 9.85. The molecule has 7 heteroatoms. The summed E-state index contributed by atoms with van der Waals surface area (Å²) in [5, 5.41) is 15.2. The molecule has 1 aromatic rings. The molecular weight excluding hydrogens is 394 g/mol. The maximum absolute atomic E-state index is 12.7. The van der Waals surface area contributed by atoms with Crippen LogP contribution in [0.5, 0.6) is 0 Å². The van der Waals surface area contributed by atoms with Gasteiger partial charge in [-0.3, -0.25) is 15.0 Å². The number of benzene rings is 1. The number of hydrogen-bond acceptors (Lipinski definition) is 5. The molecule has 2 bridgehead atoms. The Hall–Kier alpha value is -2.43. The molecule has 2 aliphatic heterocycles. The van der Waals surface area contributed by atoms with Crippen LogP contribution < -0.4 is 5.73 Å². The maximum Gasteiger partial charge on any atom is 0.290 e. The molecule has 0 aliphatic carbocycles. The van der Waals surface area contributed by atoms with E-state index in [9.17, 15) is 4.79 Å². The number of Topliss-reactive ketones (excluding diaryl/α,β-unsaturated/α-hetero) is 1. The highest BCUT2D eigenvalue weighted by atomic mass is 28.3. The highest BCUT2D eigenvalue weighted by Gasteiger charge is 2.39. The quantitative estimate of drug-likeness (QED) is 0.224. The average molecular weight is 428 g/mol. The van der Waals surface area contributed by atoms with Gasteiger partial charge in [0.2, 0.25) is 0 Å². The molecule has 0 saturated carbocycles. The number of nitrogens with one attached hydrogen (secondary N) is 1. The maximum atomic E-state index is 12.7. The number of hydrogen-bond donors (Lipinski definition) is 3. The number of piperidine rings is 1. The van der Waals surface area contributed by atoms with Gasteiger partial charge in [0.25, 0.3) is 6.47 Å². The van der Waals surface area contributed by atoms with E-state index in [1.165, 1.54) is 12.8 Å². The minimum absolute atomic E-state index is 0.0449. The Kier molecular flexibility index (Phi) is 7.99. The van der Waals surface area contributed by atoms with E-state index in [1.54, 1.807) is 12.1 Å². The highest BCUT2D eigenvalue weighted by Crippen LogP contribution is 2.38. The zero-order valence-electron chi connectivity index (χ0n) is 18.4. The minimum atomic E-state index is -1.45. The fourth-order valence-corrected chi connectivity index (χ4v) is 4.85. The molecule has 162 valence electrons. The van der Waals surface area contributed by atoms with E-state index in [-0.39, 0.29) is 18.0 Å². The number of ketones is 1. The van der Waals surface area contributed by atoms with Crippen molar-refractivity contribution in [2.24, 2.45) is 5.92 Å². The van der Waals surface area contributed by atoms with Gasteiger partial charge in [0.15, 0.2) is 5.78 Å². The smallest absolute Gasteiger partial charge is 0.290 e. The third kappa shape index (κ3) is 6.28. The summed E-state index contributed by atoms with van der Waals surface area (Å²) < 4.78 is 0. The second-order valence-corrected chi connectivity index (χ2v) is 14.0. The Morgan fingerprint density at radius 3 is 2.37 bits per heavy atom. The Labute approximate surface area is 180 Å². The van der Waals surface area contributed by atoms with Crippen LogP contribution in [0.1, 0.15) is 43.2 Å². The fourth-order valence-electron chi connectivity index (χ4n) is 4.33. The van der Waals surface area contributed by atoms with E-state index in [1.807, 2.05) is 6.07 Å². The Bertz CT molecular complexity index is 853. The summed E-state index contributed by atoms with van der Waals surface area (Å²) in [4.78, 5) is 23.5. The molecule has 2 fully saturated rings. The van der Waals surface area contributed by atoms with Crippen molar-refractivity contribution in [3.8, 4) is 11.5 Å². The molecule has 0 spiro atoms. The van der Waals surface area contributed by atoms with Crippen molar-refractivity contribution in [1.29, 1.82) is 5.41 Å². The molecule has 2 unspecified atom stereocenters. The summed E-state index contributed by atoms with van der Waals surface area (Å²) in [5.41, 5.74) is 11.4. The van der Waals surface area contributed by atoms with E-state index in [0.717, 1.165) is 18.4 Å². The largest absolute Gasteiger partial charge is 0.483 e. The lowest BCUT2D eigenvalue weighted by molar-refractivity contribution is -0.123. The summed E-state index contributed by atoms with van der Waals surface area (Å²) in [6.45, 7) is 6.34. The first-order chi connectivity index (χ1) is 14.1. The molecule has 0 radical (unpaired) electrons. The van der Waals surface area contributed by atoms with E-state index in [0.29, 0.717) is 35.7 Å². The van der Waals surface area contributed by atoms with Crippen molar-refractivity contribution in [3.05, 3.63) is 29.3 Å². The number of carbonyl (C=O) groups excluding carboxylic acids is 1. The van der Waals surface area contributed by atoms with Crippen molar-refractivity contribution >= 4 is 31.7 Å². The number of anilines is 1. The third-order valence-electron chi connectivity index (χ3n) is 5.85.